The lowest BCUT2D eigenvalue weighted by Crippen LogP contribution is -2.47. The molecule has 142 valence electrons. The van der Waals surface area contributed by atoms with Gasteiger partial charge in [0.15, 0.2) is 0 Å². The van der Waals surface area contributed by atoms with Gasteiger partial charge in [0.05, 0.1) is 6.04 Å². The van der Waals surface area contributed by atoms with Crippen LogP contribution in [0.15, 0.2) is 24.3 Å². The molecule has 0 unspecified atom stereocenters. The maximum Gasteiger partial charge on any atom is 0.317 e. The van der Waals surface area contributed by atoms with Crippen LogP contribution in [0.3, 0.4) is 0 Å². The number of ether oxygens (including phenoxy) is 1. The van der Waals surface area contributed by atoms with E-state index in [0.29, 0.717) is 30.5 Å². The summed E-state index contributed by atoms with van der Waals surface area (Å²) in [6.45, 7) is 5.42. The normalized spacial score (nSPS) is 21.1. The lowest BCUT2D eigenvalue weighted by atomic mass is 10.00. The van der Waals surface area contributed by atoms with E-state index in [2.05, 4.69) is 5.32 Å². The van der Waals surface area contributed by atoms with Crippen molar-refractivity contribution in [3.8, 4) is 0 Å². The first kappa shape index (κ1) is 19.0. The maximum absolute atomic E-state index is 12.6. The Labute approximate surface area is 159 Å². The van der Waals surface area contributed by atoms with E-state index in [4.69, 9.17) is 16.3 Å². The van der Waals surface area contributed by atoms with Crippen LogP contribution in [0.5, 0.6) is 0 Å². The molecule has 2 heterocycles. The highest BCUT2D eigenvalue weighted by Crippen LogP contribution is 2.23. The van der Waals surface area contributed by atoms with Crippen LogP contribution in [-0.4, -0.2) is 55.7 Å². The first-order valence-corrected chi connectivity index (χ1v) is 9.63. The molecule has 3 rings (SSSR count). The molecule has 1 N–H and O–H groups in total. The molecule has 26 heavy (non-hydrogen) atoms. The number of urea groups is 1. The van der Waals surface area contributed by atoms with Gasteiger partial charge in [0.2, 0.25) is 5.91 Å². The highest BCUT2D eigenvalue weighted by Gasteiger charge is 2.32. The summed E-state index contributed by atoms with van der Waals surface area (Å²) in [5.41, 5.74) is 0.811. The van der Waals surface area contributed by atoms with Crippen LogP contribution in [0.1, 0.15) is 26.2 Å². The third kappa shape index (κ3) is 4.68. The van der Waals surface area contributed by atoms with Crippen molar-refractivity contribution in [1.29, 1.82) is 0 Å². The summed E-state index contributed by atoms with van der Waals surface area (Å²) in [5, 5.41) is 3.66. The van der Waals surface area contributed by atoms with Gasteiger partial charge in [0.1, 0.15) is 0 Å². The van der Waals surface area contributed by atoms with Gasteiger partial charge in [-0.2, -0.15) is 0 Å². The second-order valence-electron chi connectivity index (χ2n) is 6.93. The van der Waals surface area contributed by atoms with Crippen molar-refractivity contribution in [1.82, 2.24) is 10.2 Å². The lowest BCUT2D eigenvalue weighted by Gasteiger charge is -2.30. The van der Waals surface area contributed by atoms with E-state index in [0.717, 1.165) is 38.3 Å². The van der Waals surface area contributed by atoms with Gasteiger partial charge in [-0.15, -0.1) is 0 Å². The molecule has 0 radical (unpaired) electrons. The molecule has 0 aromatic heterocycles. The number of amides is 3. The molecule has 0 bridgehead atoms. The number of hydrogen-bond donors (Lipinski definition) is 1. The minimum Gasteiger partial charge on any atom is -0.381 e. The van der Waals surface area contributed by atoms with Gasteiger partial charge < -0.3 is 19.9 Å². The van der Waals surface area contributed by atoms with Gasteiger partial charge in [-0.3, -0.25) is 4.79 Å². The average Bonchev–Trinajstić information content (AvgIpc) is 3.01. The summed E-state index contributed by atoms with van der Waals surface area (Å²) in [4.78, 5) is 28.5. The van der Waals surface area contributed by atoms with Gasteiger partial charge in [-0.1, -0.05) is 11.6 Å². The number of rotatable bonds is 5. The fourth-order valence-corrected chi connectivity index (χ4v) is 3.66. The molecule has 6 nitrogen and oxygen atoms in total. The first-order chi connectivity index (χ1) is 12.6. The Bertz CT molecular complexity index is 631. The van der Waals surface area contributed by atoms with Crippen molar-refractivity contribution >= 4 is 29.2 Å². The van der Waals surface area contributed by atoms with Crippen molar-refractivity contribution < 1.29 is 14.3 Å². The molecule has 2 saturated heterocycles. The topological polar surface area (TPSA) is 61.9 Å². The van der Waals surface area contributed by atoms with Gasteiger partial charge in [0.25, 0.3) is 0 Å². The van der Waals surface area contributed by atoms with E-state index in [-0.39, 0.29) is 18.0 Å². The molecule has 1 atom stereocenters. The second kappa shape index (κ2) is 8.73. The van der Waals surface area contributed by atoms with Crippen LogP contribution in [0, 0.1) is 5.92 Å². The summed E-state index contributed by atoms with van der Waals surface area (Å²) in [6, 6.07) is 6.93. The van der Waals surface area contributed by atoms with Crippen molar-refractivity contribution in [2.24, 2.45) is 5.92 Å². The van der Waals surface area contributed by atoms with Crippen molar-refractivity contribution in [2.45, 2.75) is 32.2 Å². The number of anilines is 1. The van der Waals surface area contributed by atoms with Crippen molar-refractivity contribution in [3.05, 3.63) is 29.3 Å². The van der Waals surface area contributed by atoms with Gasteiger partial charge in [0, 0.05) is 50.0 Å². The minimum absolute atomic E-state index is 0.0186. The molecule has 1 aromatic carbocycles. The minimum atomic E-state index is -0.172. The molecule has 2 aliphatic rings. The van der Waals surface area contributed by atoms with E-state index < -0.39 is 0 Å². The molecule has 0 saturated carbocycles. The monoisotopic (exact) mass is 379 g/mol. The van der Waals surface area contributed by atoms with Gasteiger partial charge >= 0.3 is 6.03 Å². The first-order valence-electron chi connectivity index (χ1n) is 9.26. The van der Waals surface area contributed by atoms with Crippen LogP contribution >= 0.6 is 11.6 Å². The molecular weight excluding hydrogens is 354 g/mol. The van der Waals surface area contributed by atoms with Crippen molar-refractivity contribution in [2.75, 3.05) is 37.7 Å². The molecule has 2 aliphatic heterocycles. The summed E-state index contributed by atoms with van der Waals surface area (Å²) < 4.78 is 5.39. The van der Waals surface area contributed by atoms with E-state index in [1.807, 2.05) is 24.0 Å². The number of hydrogen-bond acceptors (Lipinski definition) is 3. The Morgan fingerprint density at radius 2 is 2.00 bits per heavy atom. The number of benzene rings is 1. The highest BCUT2D eigenvalue weighted by molar-refractivity contribution is 6.30. The Morgan fingerprint density at radius 3 is 2.65 bits per heavy atom. The standard InChI is InChI=1S/C19H26ClN3O3/c1-2-22(12-14-7-9-26-10-8-14)19(25)21-16-11-18(24)23(13-16)17-5-3-15(20)4-6-17/h3-6,14,16H,2,7-13H2,1H3,(H,21,25)/t16-/m0/s1. The van der Waals surface area contributed by atoms with Crippen LogP contribution < -0.4 is 10.2 Å². The van der Waals surface area contributed by atoms with Gasteiger partial charge in [-0.25, -0.2) is 4.79 Å². The Morgan fingerprint density at radius 1 is 1.31 bits per heavy atom. The third-order valence-electron chi connectivity index (χ3n) is 5.08. The number of halogens is 1. The third-order valence-corrected chi connectivity index (χ3v) is 5.33. The predicted octanol–water partition coefficient (Wildman–Crippen LogP) is 2.90. The average molecular weight is 380 g/mol. The Hall–Kier alpha value is -1.79. The van der Waals surface area contributed by atoms with E-state index >= 15 is 0 Å². The zero-order chi connectivity index (χ0) is 18.5. The molecule has 2 fully saturated rings. The molecule has 0 aliphatic carbocycles. The molecule has 0 spiro atoms. The molecule has 1 aromatic rings. The summed E-state index contributed by atoms with van der Waals surface area (Å²) in [6.07, 6.45) is 2.31. The molecule has 7 heteroatoms. The molecule has 3 amide bonds. The maximum atomic E-state index is 12.6. The number of carbonyl (C=O) groups is 2. The zero-order valence-corrected chi connectivity index (χ0v) is 15.9. The largest absolute Gasteiger partial charge is 0.381 e. The van der Waals surface area contributed by atoms with Crippen LogP contribution in [0.25, 0.3) is 0 Å². The van der Waals surface area contributed by atoms with Crippen molar-refractivity contribution in [3.63, 3.8) is 0 Å². The van der Waals surface area contributed by atoms with E-state index in [1.54, 1.807) is 17.0 Å². The second-order valence-corrected chi connectivity index (χ2v) is 7.36. The molecular formula is C19H26ClN3O3. The van der Waals surface area contributed by atoms with E-state index in [9.17, 15) is 9.59 Å². The summed E-state index contributed by atoms with van der Waals surface area (Å²) in [5.74, 6) is 0.510. The zero-order valence-electron chi connectivity index (χ0n) is 15.1. The Kier molecular flexibility index (Phi) is 6.38. The van der Waals surface area contributed by atoms with Crippen LogP contribution in [-0.2, 0) is 9.53 Å². The number of nitrogens with zero attached hydrogens (tertiary/aromatic N) is 2. The fraction of sp³-hybridized carbons (Fsp3) is 0.579. The quantitative estimate of drug-likeness (QED) is 0.855. The van der Waals surface area contributed by atoms with Gasteiger partial charge in [-0.05, 0) is 49.9 Å². The van der Waals surface area contributed by atoms with Crippen LogP contribution in [0.2, 0.25) is 5.02 Å². The smallest absolute Gasteiger partial charge is 0.317 e. The highest BCUT2D eigenvalue weighted by atomic mass is 35.5. The van der Waals surface area contributed by atoms with E-state index in [1.165, 1.54) is 0 Å². The number of nitrogens with one attached hydrogen (secondary N) is 1. The Balaban J connectivity index is 1.55. The number of carbonyl (C=O) groups excluding carboxylic acids is 2. The predicted molar refractivity (Wildman–Crippen MR) is 102 cm³/mol. The lowest BCUT2D eigenvalue weighted by molar-refractivity contribution is -0.117. The van der Waals surface area contributed by atoms with Crippen LogP contribution in [0.4, 0.5) is 10.5 Å². The summed E-state index contributed by atoms with van der Waals surface area (Å²) >= 11 is 5.91. The summed E-state index contributed by atoms with van der Waals surface area (Å²) in [7, 11) is 0. The SMILES string of the molecule is CCN(CC1CCOCC1)C(=O)N[C@H]1CC(=O)N(c2ccc(Cl)cc2)C1. The fourth-order valence-electron chi connectivity index (χ4n) is 3.54.